The summed E-state index contributed by atoms with van der Waals surface area (Å²) in [4.78, 5) is 2.58. The first-order valence-electron chi connectivity index (χ1n) is 5.33. The predicted molar refractivity (Wildman–Crippen MR) is 58.0 cm³/mol. The summed E-state index contributed by atoms with van der Waals surface area (Å²) in [6.07, 6.45) is 0. The van der Waals surface area contributed by atoms with Gasteiger partial charge in [-0.05, 0) is 25.8 Å². The fourth-order valence-corrected chi connectivity index (χ4v) is 2.15. The molecule has 2 heteroatoms. The Morgan fingerprint density at radius 1 is 1.15 bits per heavy atom. The summed E-state index contributed by atoms with van der Waals surface area (Å²) in [7, 11) is 0. The van der Waals surface area contributed by atoms with Crippen molar-refractivity contribution in [2.75, 3.05) is 26.2 Å². The van der Waals surface area contributed by atoms with E-state index in [2.05, 4.69) is 44.8 Å². The Bertz CT molecular complexity index is 173. The number of hydrogen-bond acceptors (Lipinski definition) is 2. The van der Waals surface area contributed by atoms with Crippen LogP contribution in [0.1, 0.15) is 34.6 Å². The molecule has 13 heavy (non-hydrogen) atoms. The van der Waals surface area contributed by atoms with E-state index >= 15 is 0 Å². The average Bonchev–Trinajstić information content (AvgIpc) is 2.07. The van der Waals surface area contributed by atoms with Crippen molar-refractivity contribution in [2.45, 2.75) is 40.2 Å². The monoisotopic (exact) mass is 184 g/mol. The van der Waals surface area contributed by atoms with Gasteiger partial charge in [-0.15, -0.1) is 0 Å². The standard InChI is InChI=1S/C11H24N2/c1-6-13-9-10(2,3)7-12-8-11(13,4)5/h12H,6-9H2,1-5H3. The van der Waals surface area contributed by atoms with Crippen molar-refractivity contribution in [3.63, 3.8) is 0 Å². The van der Waals surface area contributed by atoms with Crippen molar-refractivity contribution < 1.29 is 0 Å². The van der Waals surface area contributed by atoms with Gasteiger partial charge in [0.25, 0.3) is 0 Å². The maximum absolute atomic E-state index is 3.55. The highest BCUT2D eigenvalue weighted by molar-refractivity contribution is 4.91. The van der Waals surface area contributed by atoms with E-state index in [9.17, 15) is 0 Å². The predicted octanol–water partition coefficient (Wildman–Crippen LogP) is 1.72. The molecule has 0 aromatic rings. The molecule has 78 valence electrons. The van der Waals surface area contributed by atoms with Crippen LogP contribution in [0.5, 0.6) is 0 Å². The molecular formula is C11H24N2. The summed E-state index contributed by atoms with van der Waals surface area (Å²) in [5.41, 5.74) is 0.715. The SMILES string of the molecule is CCN1CC(C)(C)CNCC1(C)C. The maximum atomic E-state index is 3.55. The minimum absolute atomic E-state index is 0.308. The Morgan fingerprint density at radius 2 is 1.77 bits per heavy atom. The zero-order valence-electron chi connectivity index (χ0n) is 9.78. The summed E-state index contributed by atoms with van der Waals surface area (Å²) in [5, 5.41) is 3.55. The molecule has 0 unspecified atom stereocenters. The van der Waals surface area contributed by atoms with Gasteiger partial charge in [0.2, 0.25) is 0 Å². The molecule has 1 heterocycles. The van der Waals surface area contributed by atoms with E-state index < -0.39 is 0 Å². The van der Waals surface area contributed by atoms with E-state index in [4.69, 9.17) is 0 Å². The van der Waals surface area contributed by atoms with E-state index in [1.165, 1.54) is 6.54 Å². The minimum atomic E-state index is 0.308. The molecule has 0 amide bonds. The first kappa shape index (κ1) is 11.0. The molecular weight excluding hydrogens is 160 g/mol. The normalized spacial score (nSPS) is 28.4. The highest BCUT2D eigenvalue weighted by Crippen LogP contribution is 2.24. The summed E-state index contributed by atoms with van der Waals surface area (Å²) in [6, 6.07) is 0. The third-order valence-electron chi connectivity index (χ3n) is 3.02. The third-order valence-corrected chi connectivity index (χ3v) is 3.02. The highest BCUT2D eigenvalue weighted by Gasteiger charge is 2.33. The van der Waals surface area contributed by atoms with Crippen LogP contribution in [-0.4, -0.2) is 36.6 Å². The number of rotatable bonds is 1. The molecule has 0 atom stereocenters. The highest BCUT2D eigenvalue weighted by atomic mass is 15.2. The Balaban J connectivity index is 2.74. The van der Waals surface area contributed by atoms with Crippen molar-refractivity contribution in [3.05, 3.63) is 0 Å². The molecule has 0 radical (unpaired) electrons. The molecule has 0 aliphatic carbocycles. The molecule has 0 saturated carbocycles. The minimum Gasteiger partial charge on any atom is -0.314 e. The quantitative estimate of drug-likeness (QED) is 0.667. The van der Waals surface area contributed by atoms with Gasteiger partial charge < -0.3 is 5.32 Å². The van der Waals surface area contributed by atoms with Crippen molar-refractivity contribution in [3.8, 4) is 0 Å². The molecule has 1 N–H and O–H groups in total. The fourth-order valence-electron chi connectivity index (χ4n) is 2.15. The number of nitrogens with zero attached hydrogens (tertiary/aromatic N) is 1. The molecule has 0 aromatic carbocycles. The van der Waals surface area contributed by atoms with E-state index in [1.54, 1.807) is 0 Å². The van der Waals surface area contributed by atoms with Gasteiger partial charge in [0, 0.05) is 25.2 Å². The van der Waals surface area contributed by atoms with Crippen LogP contribution < -0.4 is 5.32 Å². The van der Waals surface area contributed by atoms with E-state index in [0.717, 1.165) is 19.6 Å². The van der Waals surface area contributed by atoms with Gasteiger partial charge in [0.15, 0.2) is 0 Å². The summed E-state index contributed by atoms with van der Waals surface area (Å²) < 4.78 is 0. The average molecular weight is 184 g/mol. The maximum Gasteiger partial charge on any atom is 0.0277 e. The molecule has 1 saturated heterocycles. The third kappa shape index (κ3) is 2.68. The van der Waals surface area contributed by atoms with Gasteiger partial charge in [-0.25, -0.2) is 0 Å². The molecule has 0 aromatic heterocycles. The second kappa shape index (κ2) is 3.58. The van der Waals surface area contributed by atoms with Gasteiger partial charge >= 0.3 is 0 Å². The molecule has 0 bridgehead atoms. The Morgan fingerprint density at radius 3 is 2.31 bits per heavy atom. The van der Waals surface area contributed by atoms with Crippen molar-refractivity contribution in [1.29, 1.82) is 0 Å². The van der Waals surface area contributed by atoms with Crippen LogP contribution in [0.25, 0.3) is 0 Å². The largest absolute Gasteiger partial charge is 0.314 e. The van der Waals surface area contributed by atoms with E-state index in [-0.39, 0.29) is 0 Å². The second-order valence-electron chi connectivity index (χ2n) is 5.59. The van der Waals surface area contributed by atoms with Crippen LogP contribution >= 0.6 is 0 Å². The van der Waals surface area contributed by atoms with Gasteiger partial charge in [0.1, 0.15) is 0 Å². The van der Waals surface area contributed by atoms with Crippen LogP contribution in [0.15, 0.2) is 0 Å². The summed E-state index contributed by atoms with van der Waals surface area (Å²) in [6.45, 7) is 16.2. The molecule has 1 aliphatic rings. The first-order valence-corrected chi connectivity index (χ1v) is 5.33. The number of hydrogen-bond donors (Lipinski definition) is 1. The Kier molecular flexibility index (Phi) is 3.03. The molecule has 0 spiro atoms. The zero-order chi connectivity index (χ0) is 10.1. The molecule has 1 fully saturated rings. The van der Waals surface area contributed by atoms with Crippen LogP contribution in [0.2, 0.25) is 0 Å². The van der Waals surface area contributed by atoms with Gasteiger partial charge in [-0.2, -0.15) is 0 Å². The fraction of sp³-hybridized carbons (Fsp3) is 1.00. The molecule has 1 aliphatic heterocycles. The van der Waals surface area contributed by atoms with Gasteiger partial charge in [-0.3, -0.25) is 4.90 Å². The smallest absolute Gasteiger partial charge is 0.0277 e. The summed E-state index contributed by atoms with van der Waals surface area (Å²) >= 11 is 0. The van der Waals surface area contributed by atoms with Gasteiger partial charge in [0.05, 0.1) is 0 Å². The Hall–Kier alpha value is -0.0800. The van der Waals surface area contributed by atoms with Crippen molar-refractivity contribution in [1.82, 2.24) is 10.2 Å². The Labute approximate surface area is 82.7 Å². The van der Waals surface area contributed by atoms with Crippen LogP contribution in [0, 0.1) is 5.41 Å². The van der Waals surface area contributed by atoms with Gasteiger partial charge in [-0.1, -0.05) is 20.8 Å². The first-order chi connectivity index (χ1) is 5.87. The van der Waals surface area contributed by atoms with Crippen LogP contribution in [-0.2, 0) is 0 Å². The van der Waals surface area contributed by atoms with E-state index in [0.29, 0.717) is 11.0 Å². The molecule has 2 nitrogen and oxygen atoms in total. The number of likely N-dealkylation sites (N-methyl/N-ethyl adjacent to an activating group) is 1. The lowest BCUT2D eigenvalue weighted by Gasteiger charge is -2.38. The molecule has 1 rings (SSSR count). The lowest BCUT2D eigenvalue weighted by molar-refractivity contribution is 0.107. The lowest BCUT2D eigenvalue weighted by Crippen LogP contribution is -2.49. The lowest BCUT2D eigenvalue weighted by atomic mass is 9.92. The van der Waals surface area contributed by atoms with E-state index in [1.807, 2.05) is 0 Å². The second-order valence-corrected chi connectivity index (χ2v) is 5.59. The topological polar surface area (TPSA) is 15.3 Å². The summed E-state index contributed by atoms with van der Waals surface area (Å²) in [5.74, 6) is 0. The zero-order valence-corrected chi connectivity index (χ0v) is 9.78. The van der Waals surface area contributed by atoms with Crippen LogP contribution in [0.3, 0.4) is 0 Å². The van der Waals surface area contributed by atoms with Crippen molar-refractivity contribution >= 4 is 0 Å². The van der Waals surface area contributed by atoms with Crippen molar-refractivity contribution in [2.24, 2.45) is 5.41 Å². The van der Waals surface area contributed by atoms with Crippen LogP contribution in [0.4, 0.5) is 0 Å². The number of nitrogens with one attached hydrogen (secondary N) is 1.